The van der Waals surface area contributed by atoms with Gasteiger partial charge in [-0.25, -0.2) is 4.39 Å². The van der Waals surface area contributed by atoms with Crippen molar-refractivity contribution in [2.75, 3.05) is 6.61 Å². The minimum Gasteiger partial charge on any atom is -0.494 e. The Bertz CT molecular complexity index is 1050. The van der Waals surface area contributed by atoms with E-state index in [2.05, 4.69) is 0 Å². The van der Waals surface area contributed by atoms with Crippen LogP contribution in [0.5, 0.6) is 11.5 Å². The molecule has 1 aliphatic carbocycles. The smallest absolute Gasteiger partial charge is 0.174 e. The Kier molecular flexibility index (Phi) is 4.30. The van der Waals surface area contributed by atoms with Crippen LogP contribution in [0, 0.1) is 11.7 Å². The molecule has 0 bridgehead atoms. The van der Waals surface area contributed by atoms with Crippen molar-refractivity contribution in [1.82, 2.24) is 0 Å². The van der Waals surface area contributed by atoms with Crippen LogP contribution in [-0.2, 0) is 5.60 Å². The molecule has 2 nitrogen and oxygen atoms in total. The standard InChI is InChI=1S/C24H19Cl2FO2/c1-2-28-18-13-9-16(10-14-18)23-22(24(23,25)26)21(15-7-11-17(27)12-8-15)19-5-3-4-6-20(19)29-23/h3-14,21-22H,2H2,1H3/t21-,22-,23-/m0/s1. The molecule has 0 amide bonds. The number of hydrogen-bond donors (Lipinski definition) is 0. The van der Waals surface area contributed by atoms with Gasteiger partial charge in [-0.1, -0.05) is 65.7 Å². The Morgan fingerprint density at radius 1 is 0.966 bits per heavy atom. The van der Waals surface area contributed by atoms with E-state index in [0.717, 1.165) is 28.2 Å². The third-order valence-corrected chi connectivity index (χ3v) is 6.95. The monoisotopic (exact) mass is 428 g/mol. The third-order valence-electron chi connectivity index (χ3n) is 5.92. The highest BCUT2D eigenvalue weighted by atomic mass is 35.5. The molecule has 1 fully saturated rings. The van der Waals surface area contributed by atoms with Crippen LogP contribution in [0.25, 0.3) is 0 Å². The molecule has 3 atom stereocenters. The molecule has 0 spiro atoms. The van der Waals surface area contributed by atoms with Crippen LogP contribution in [-0.4, -0.2) is 10.9 Å². The Morgan fingerprint density at radius 2 is 1.66 bits per heavy atom. The molecular formula is C24H19Cl2FO2. The first-order chi connectivity index (χ1) is 14.0. The van der Waals surface area contributed by atoms with Gasteiger partial charge in [0.05, 0.1) is 12.5 Å². The van der Waals surface area contributed by atoms with Crippen molar-refractivity contribution < 1.29 is 13.9 Å². The van der Waals surface area contributed by atoms with Crippen LogP contribution in [0.15, 0.2) is 72.8 Å². The van der Waals surface area contributed by atoms with Gasteiger partial charge in [0.15, 0.2) is 9.93 Å². The van der Waals surface area contributed by atoms with E-state index >= 15 is 0 Å². The van der Waals surface area contributed by atoms with Gasteiger partial charge in [0.1, 0.15) is 17.3 Å². The quantitative estimate of drug-likeness (QED) is 0.444. The lowest BCUT2D eigenvalue weighted by Gasteiger charge is -2.31. The van der Waals surface area contributed by atoms with Crippen LogP contribution in [0.1, 0.15) is 29.5 Å². The second kappa shape index (κ2) is 6.65. The number of para-hydroxylation sites is 1. The van der Waals surface area contributed by atoms with Crippen molar-refractivity contribution in [1.29, 1.82) is 0 Å². The summed E-state index contributed by atoms with van der Waals surface area (Å²) < 4.78 is 24.5. The molecule has 1 aliphatic heterocycles. The van der Waals surface area contributed by atoms with E-state index in [1.165, 1.54) is 12.1 Å². The lowest BCUT2D eigenvalue weighted by molar-refractivity contribution is 0.137. The van der Waals surface area contributed by atoms with E-state index in [1.807, 2.05) is 55.5 Å². The van der Waals surface area contributed by atoms with Gasteiger partial charge in [0.25, 0.3) is 0 Å². The van der Waals surface area contributed by atoms with Gasteiger partial charge in [0, 0.05) is 11.5 Å². The number of fused-ring (bicyclic) bond motifs is 2. The zero-order valence-electron chi connectivity index (χ0n) is 15.7. The van der Waals surface area contributed by atoms with Crippen LogP contribution >= 0.6 is 23.2 Å². The highest BCUT2D eigenvalue weighted by molar-refractivity contribution is 6.52. The van der Waals surface area contributed by atoms with Crippen molar-refractivity contribution >= 4 is 23.2 Å². The number of hydrogen-bond acceptors (Lipinski definition) is 2. The first kappa shape index (κ1) is 18.8. The fourth-order valence-electron chi connectivity index (χ4n) is 4.60. The second-order valence-electron chi connectivity index (χ2n) is 7.46. The first-order valence-electron chi connectivity index (χ1n) is 9.63. The van der Waals surface area contributed by atoms with Crippen LogP contribution < -0.4 is 9.47 Å². The van der Waals surface area contributed by atoms with Crippen LogP contribution in [0.2, 0.25) is 0 Å². The number of ether oxygens (including phenoxy) is 2. The summed E-state index contributed by atoms with van der Waals surface area (Å²) in [5.74, 6) is 0.936. The largest absolute Gasteiger partial charge is 0.494 e. The highest BCUT2D eigenvalue weighted by Crippen LogP contribution is 2.77. The summed E-state index contributed by atoms with van der Waals surface area (Å²) in [5, 5.41) is 0. The predicted octanol–water partition coefficient (Wildman–Crippen LogP) is 6.45. The van der Waals surface area contributed by atoms with Gasteiger partial charge in [-0.3, -0.25) is 0 Å². The highest BCUT2D eigenvalue weighted by Gasteiger charge is 2.83. The normalized spacial score (nSPS) is 26.1. The summed E-state index contributed by atoms with van der Waals surface area (Å²) in [6, 6.07) is 22.1. The molecule has 3 aromatic rings. The van der Waals surface area contributed by atoms with Crippen LogP contribution in [0.3, 0.4) is 0 Å². The third kappa shape index (κ3) is 2.68. The number of alkyl halides is 2. The summed E-state index contributed by atoms with van der Waals surface area (Å²) in [6.45, 7) is 2.54. The summed E-state index contributed by atoms with van der Waals surface area (Å²) in [7, 11) is 0. The molecule has 1 heterocycles. The molecule has 2 aliphatic rings. The zero-order chi connectivity index (χ0) is 20.2. The van der Waals surface area contributed by atoms with Crippen molar-refractivity contribution in [3.8, 4) is 11.5 Å². The van der Waals surface area contributed by atoms with Gasteiger partial charge < -0.3 is 9.47 Å². The van der Waals surface area contributed by atoms with Crippen LogP contribution in [0.4, 0.5) is 4.39 Å². The SMILES string of the molecule is CCOc1ccc([C@]23Oc4ccccc4[C@H](c4ccc(F)cc4)[C@@H]2C3(Cl)Cl)cc1. The van der Waals surface area contributed by atoms with E-state index in [4.69, 9.17) is 32.7 Å². The average molecular weight is 429 g/mol. The topological polar surface area (TPSA) is 18.5 Å². The van der Waals surface area contributed by atoms with Crippen molar-refractivity contribution in [2.24, 2.45) is 5.92 Å². The Balaban J connectivity index is 1.65. The van der Waals surface area contributed by atoms with Gasteiger partial charge in [-0.15, -0.1) is 0 Å². The average Bonchev–Trinajstić information content (AvgIpc) is 3.23. The lowest BCUT2D eigenvalue weighted by atomic mass is 9.82. The molecule has 1 saturated carbocycles. The molecule has 0 N–H and O–H groups in total. The summed E-state index contributed by atoms with van der Waals surface area (Å²) in [6.07, 6.45) is 0. The maximum Gasteiger partial charge on any atom is 0.174 e. The maximum absolute atomic E-state index is 13.6. The molecule has 29 heavy (non-hydrogen) atoms. The van der Waals surface area contributed by atoms with E-state index < -0.39 is 9.93 Å². The second-order valence-corrected chi connectivity index (χ2v) is 8.85. The Morgan fingerprint density at radius 3 is 2.34 bits per heavy atom. The van der Waals surface area contributed by atoms with E-state index in [-0.39, 0.29) is 17.7 Å². The van der Waals surface area contributed by atoms with Crippen molar-refractivity contribution in [3.63, 3.8) is 0 Å². The Hall–Kier alpha value is -2.23. The molecule has 0 unspecified atom stereocenters. The van der Waals surface area contributed by atoms with Crippen molar-refractivity contribution in [3.05, 3.63) is 95.3 Å². The molecule has 0 radical (unpaired) electrons. The molecular weight excluding hydrogens is 410 g/mol. The zero-order valence-corrected chi connectivity index (χ0v) is 17.3. The maximum atomic E-state index is 13.6. The minimum absolute atomic E-state index is 0.109. The molecule has 148 valence electrons. The molecule has 5 rings (SSSR count). The molecule has 5 heteroatoms. The predicted molar refractivity (Wildman–Crippen MR) is 113 cm³/mol. The van der Waals surface area contributed by atoms with Gasteiger partial charge >= 0.3 is 0 Å². The number of halogens is 3. The summed E-state index contributed by atoms with van der Waals surface area (Å²) in [5.41, 5.74) is 1.99. The number of benzene rings is 3. The van der Waals surface area contributed by atoms with E-state index in [9.17, 15) is 4.39 Å². The van der Waals surface area contributed by atoms with Gasteiger partial charge in [-0.05, 0) is 48.4 Å². The van der Waals surface area contributed by atoms with Crippen molar-refractivity contribution in [2.45, 2.75) is 22.8 Å². The van der Waals surface area contributed by atoms with Gasteiger partial charge in [0.2, 0.25) is 0 Å². The van der Waals surface area contributed by atoms with Gasteiger partial charge in [-0.2, -0.15) is 0 Å². The van der Waals surface area contributed by atoms with E-state index in [1.54, 1.807) is 12.1 Å². The summed E-state index contributed by atoms with van der Waals surface area (Å²) in [4.78, 5) is 0. The molecule has 0 saturated heterocycles. The molecule has 0 aromatic heterocycles. The molecule has 3 aromatic carbocycles. The fourth-order valence-corrected chi connectivity index (χ4v) is 5.58. The number of rotatable bonds is 4. The lowest BCUT2D eigenvalue weighted by Crippen LogP contribution is -2.28. The van der Waals surface area contributed by atoms with E-state index in [0.29, 0.717) is 6.61 Å². The Labute approximate surface area is 179 Å². The minimum atomic E-state index is -1.13. The summed E-state index contributed by atoms with van der Waals surface area (Å²) >= 11 is 13.8. The fraction of sp³-hybridized carbons (Fsp3) is 0.250. The first-order valence-corrected chi connectivity index (χ1v) is 10.4.